The Balaban J connectivity index is 1.21. The third-order valence-corrected chi connectivity index (χ3v) is 7.24. The van der Waals surface area contributed by atoms with Crippen molar-refractivity contribution in [1.82, 2.24) is 15.1 Å². The van der Waals surface area contributed by atoms with Gasteiger partial charge in [-0.1, -0.05) is 24.6 Å². The summed E-state index contributed by atoms with van der Waals surface area (Å²) in [5.74, 6) is 0.286. The Morgan fingerprint density at radius 3 is 2.74 bits per heavy atom. The van der Waals surface area contributed by atoms with Crippen molar-refractivity contribution in [3.8, 4) is 17.2 Å². The van der Waals surface area contributed by atoms with Gasteiger partial charge in [0.2, 0.25) is 11.8 Å². The Hall–Kier alpha value is -3.10. The molecule has 2 aromatic rings. The number of fused-ring (bicyclic) bond motifs is 1. The average Bonchev–Trinajstić information content (AvgIpc) is 3.24. The topological polar surface area (TPSA) is 102 Å². The maximum Gasteiger partial charge on any atom is 0.243 e. The van der Waals surface area contributed by atoms with Crippen molar-refractivity contribution >= 4 is 11.8 Å². The molecule has 2 fully saturated rings. The third kappa shape index (κ3) is 4.74. The largest absolute Gasteiger partial charge is 0.504 e. The van der Waals surface area contributed by atoms with Gasteiger partial charge >= 0.3 is 0 Å². The molecule has 0 bridgehead atoms. The number of carbonyl (C=O) groups is 2. The normalized spacial score (nSPS) is 23.5. The van der Waals surface area contributed by atoms with Gasteiger partial charge in [0.15, 0.2) is 11.5 Å². The standard InChI is InChI=1S/C26H31N3O5/c30-23-6-3-4-18(25(23)32)14-28-11-2-1-5-20(28)16-34-21-8-7-17-13-29(15-19(17)12-21)22-9-10-24(31)27-26(22)33/h3-4,6-8,12,20,22,30,32H,1-2,5,9-11,13-16H2,(H,27,31,33)/t20-,22?/m0/s1. The predicted molar refractivity (Wildman–Crippen MR) is 125 cm³/mol. The molecule has 3 aliphatic rings. The molecule has 0 spiro atoms. The highest BCUT2D eigenvalue weighted by molar-refractivity contribution is 6.00. The van der Waals surface area contributed by atoms with E-state index in [-0.39, 0.29) is 35.4 Å². The van der Waals surface area contributed by atoms with Crippen LogP contribution in [0.4, 0.5) is 0 Å². The van der Waals surface area contributed by atoms with Crippen LogP contribution in [0.2, 0.25) is 0 Å². The van der Waals surface area contributed by atoms with Crippen LogP contribution in [0.5, 0.6) is 17.2 Å². The number of benzene rings is 2. The van der Waals surface area contributed by atoms with E-state index in [0.29, 0.717) is 39.1 Å². The molecule has 180 valence electrons. The number of para-hydroxylation sites is 1. The second-order valence-corrected chi connectivity index (χ2v) is 9.52. The molecular weight excluding hydrogens is 434 g/mol. The van der Waals surface area contributed by atoms with Crippen LogP contribution in [0.15, 0.2) is 36.4 Å². The van der Waals surface area contributed by atoms with Crippen molar-refractivity contribution in [2.24, 2.45) is 0 Å². The number of hydrogen-bond donors (Lipinski definition) is 3. The van der Waals surface area contributed by atoms with Crippen LogP contribution < -0.4 is 10.1 Å². The van der Waals surface area contributed by atoms with Crippen LogP contribution in [0.3, 0.4) is 0 Å². The first kappa shape index (κ1) is 22.7. The summed E-state index contributed by atoms with van der Waals surface area (Å²) in [7, 11) is 0. The zero-order valence-electron chi connectivity index (χ0n) is 19.2. The summed E-state index contributed by atoms with van der Waals surface area (Å²) in [5.41, 5.74) is 3.07. The number of phenols is 2. The smallest absolute Gasteiger partial charge is 0.243 e. The molecule has 5 rings (SSSR count). The van der Waals surface area contributed by atoms with Crippen LogP contribution in [0.1, 0.15) is 48.8 Å². The van der Waals surface area contributed by atoms with Gasteiger partial charge in [0.1, 0.15) is 12.4 Å². The van der Waals surface area contributed by atoms with E-state index in [1.807, 2.05) is 12.1 Å². The number of nitrogens with one attached hydrogen (secondary N) is 1. The molecule has 8 heteroatoms. The Bertz CT molecular complexity index is 1090. The van der Waals surface area contributed by atoms with Crippen LogP contribution in [-0.2, 0) is 29.2 Å². The molecule has 1 unspecified atom stereocenters. The van der Waals surface area contributed by atoms with E-state index in [1.54, 1.807) is 6.07 Å². The number of phenolic OH excluding ortho intramolecular Hbond substituents is 2. The van der Waals surface area contributed by atoms with Gasteiger partial charge in [0.05, 0.1) is 6.04 Å². The van der Waals surface area contributed by atoms with Gasteiger partial charge in [-0.25, -0.2) is 0 Å². The number of imide groups is 1. The number of likely N-dealkylation sites (tertiary alicyclic amines) is 1. The SMILES string of the molecule is O=C1CCC(N2Cc3ccc(OC[C@@H]4CCCCN4Cc4cccc(O)c4O)cc3C2)C(=O)N1. The molecule has 0 aromatic heterocycles. The number of nitrogens with zero attached hydrogens (tertiary/aromatic N) is 2. The molecule has 3 heterocycles. The van der Waals surface area contributed by atoms with Crippen molar-refractivity contribution in [3.63, 3.8) is 0 Å². The average molecular weight is 466 g/mol. The molecule has 2 saturated heterocycles. The van der Waals surface area contributed by atoms with Gasteiger partial charge in [-0.2, -0.15) is 0 Å². The minimum Gasteiger partial charge on any atom is -0.504 e. The van der Waals surface area contributed by atoms with E-state index in [1.165, 1.54) is 11.6 Å². The summed E-state index contributed by atoms with van der Waals surface area (Å²) in [5, 5.41) is 22.5. The zero-order valence-corrected chi connectivity index (χ0v) is 19.2. The van der Waals surface area contributed by atoms with E-state index in [4.69, 9.17) is 4.74 Å². The fourth-order valence-corrected chi connectivity index (χ4v) is 5.31. The van der Waals surface area contributed by atoms with Crippen molar-refractivity contribution < 1.29 is 24.5 Å². The minimum atomic E-state index is -0.265. The van der Waals surface area contributed by atoms with Crippen LogP contribution in [0, 0.1) is 0 Å². The first-order valence-corrected chi connectivity index (χ1v) is 12.0. The second kappa shape index (κ2) is 9.64. The second-order valence-electron chi connectivity index (χ2n) is 9.52. The molecular formula is C26H31N3O5. The summed E-state index contributed by atoms with van der Waals surface area (Å²) < 4.78 is 6.21. The first-order valence-electron chi connectivity index (χ1n) is 12.0. The number of hydrogen-bond acceptors (Lipinski definition) is 7. The van der Waals surface area contributed by atoms with Crippen LogP contribution in [0.25, 0.3) is 0 Å². The molecule has 2 atom stereocenters. The number of piperidine rings is 2. The van der Waals surface area contributed by atoms with Crippen molar-refractivity contribution in [2.75, 3.05) is 13.2 Å². The molecule has 0 aliphatic carbocycles. The Kier molecular flexibility index (Phi) is 6.43. The molecule has 3 N–H and O–H groups in total. The highest BCUT2D eigenvalue weighted by atomic mass is 16.5. The summed E-state index contributed by atoms with van der Waals surface area (Å²) >= 11 is 0. The Labute approximate surface area is 199 Å². The van der Waals surface area contributed by atoms with Crippen molar-refractivity contribution in [2.45, 2.75) is 63.8 Å². The predicted octanol–water partition coefficient (Wildman–Crippen LogP) is 2.65. The Morgan fingerprint density at radius 2 is 1.88 bits per heavy atom. The van der Waals surface area contributed by atoms with Gasteiger partial charge in [0, 0.05) is 37.7 Å². The first-order chi connectivity index (χ1) is 16.5. The molecule has 3 aliphatic heterocycles. The quantitative estimate of drug-likeness (QED) is 0.445. The highest BCUT2D eigenvalue weighted by Crippen LogP contribution is 2.32. The highest BCUT2D eigenvalue weighted by Gasteiger charge is 2.35. The van der Waals surface area contributed by atoms with Crippen LogP contribution in [-0.4, -0.2) is 57.1 Å². The van der Waals surface area contributed by atoms with Crippen LogP contribution >= 0.6 is 0 Å². The maximum atomic E-state index is 12.3. The molecule has 2 amide bonds. The summed E-state index contributed by atoms with van der Waals surface area (Å²) in [4.78, 5) is 28.2. The summed E-state index contributed by atoms with van der Waals surface area (Å²) in [6.07, 6.45) is 4.21. The van der Waals surface area contributed by atoms with E-state index in [2.05, 4.69) is 27.2 Å². The van der Waals surface area contributed by atoms with Gasteiger partial charge in [-0.15, -0.1) is 0 Å². The fraction of sp³-hybridized carbons (Fsp3) is 0.462. The summed E-state index contributed by atoms with van der Waals surface area (Å²) in [6.45, 7) is 3.42. The van der Waals surface area contributed by atoms with Gasteiger partial charge < -0.3 is 14.9 Å². The Morgan fingerprint density at radius 1 is 1.03 bits per heavy atom. The molecule has 0 saturated carbocycles. The lowest BCUT2D eigenvalue weighted by Crippen LogP contribution is -2.50. The molecule has 2 aromatic carbocycles. The third-order valence-electron chi connectivity index (χ3n) is 7.24. The lowest BCUT2D eigenvalue weighted by molar-refractivity contribution is -0.137. The molecule has 34 heavy (non-hydrogen) atoms. The number of carbonyl (C=O) groups excluding carboxylic acids is 2. The van der Waals surface area contributed by atoms with E-state index in [9.17, 15) is 19.8 Å². The lowest BCUT2D eigenvalue weighted by atomic mass is 10.0. The number of amides is 2. The van der Waals surface area contributed by atoms with Gasteiger partial charge in [0.25, 0.3) is 0 Å². The monoisotopic (exact) mass is 465 g/mol. The fourth-order valence-electron chi connectivity index (χ4n) is 5.31. The van der Waals surface area contributed by atoms with Crippen molar-refractivity contribution in [1.29, 1.82) is 0 Å². The van der Waals surface area contributed by atoms with Gasteiger partial charge in [-0.05, 0) is 55.1 Å². The minimum absolute atomic E-state index is 0.0491. The number of ether oxygens (including phenoxy) is 1. The van der Waals surface area contributed by atoms with E-state index < -0.39 is 0 Å². The van der Waals surface area contributed by atoms with E-state index in [0.717, 1.165) is 42.7 Å². The van der Waals surface area contributed by atoms with Gasteiger partial charge in [-0.3, -0.25) is 24.7 Å². The van der Waals surface area contributed by atoms with Crippen molar-refractivity contribution in [3.05, 3.63) is 53.1 Å². The number of rotatable bonds is 6. The lowest BCUT2D eigenvalue weighted by Gasteiger charge is -2.35. The summed E-state index contributed by atoms with van der Waals surface area (Å²) in [6, 6.07) is 11.2. The molecule has 0 radical (unpaired) electrons. The number of aromatic hydroxyl groups is 2. The zero-order chi connectivity index (χ0) is 23.7. The molecule has 8 nitrogen and oxygen atoms in total. The van der Waals surface area contributed by atoms with E-state index >= 15 is 0 Å². The maximum absolute atomic E-state index is 12.3.